The summed E-state index contributed by atoms with van der Waals surface area (Å²) in [5, 5.41) is 8.72. The number of fused-ring (bicyclic) bond motifs is 4. The second kappa shape index (κ2) is 8.90. The molecule has 3 amide bonds. The molecule has 1 aliphatic heterocycles. The molecule has 1 unspecified atom stereocenters. The van der Waals surface area contributed by atoms with Gasteiger partial charge in [-0.1, -0.05) is 6.07 Å². The van der Waals surface area contributed by atoms with Crippen molar-refractivity contribution in [2.75, 3.05) is 18.5 Å². The first-order valence-electron chi connectivity index (χ1n) is 11.1. The number of hydrogen-bond acceptors (Lipinski definition) is 7. The molecule has 1 atom stereocenters. The van der Waals surface area contributed by atoms with E-state index in [2.05, 4.69) is 25.9 Å². The SMILES string of the molecule is CCNC(=O)C1CCCc2sc3nc(C(=O)NCc4ccc5c(c4)NC(=O)CO5)[nH]c(=O)c3c21. The Morgan fingerprint density at radius 2 is 2.12 bits per heavy atom. The number of anilines is 1. The molecular formula is C23H23N5O5S. The van der Waals surface area contributed by atoms with Gasteiger partial charge < -0.3 is 25.7 Å². The highest BCUT2D eigenvalue weighted by atomic mass is 32.1. The second-order valence-corrected chi connectivity index (χ2v) is 9.31. The fourth-order valence-corrected chi connectivity index (χ4v) is 5.69. The van der Waals surface area contributed by atoms with Gasteiger partial charge in [0.2, 0.25) is 11.7 Å². The van der Waals surface area contributed by atoms with Crippen molar-refractivity contribution >= 4 is 45.0 Å². The van der Waals surface area contributed by atoms with Crippen LogP contribution in [0.3, 0.4) is 0 Å². The molecule has 3 aromatic rings. The van der Waals surface area contributed by atoms with Crippen LogP contribution < -0.4 is 26.2 Å². The maximum Gasteiger partial charge on any atom is 0.287 e. The lowest BCUT2D eigenvalue weighted by Gasteiger charge is -2.21. The van der Waals surface area contributed by atoms with Gasteiger partial charge in [0.15, 0.2) is 6.61 Å². The van der Waals surface area contributed by atoms with Crippen molar-refractivity contribution in [1.29, 1.82) is 0 Å². The van der Waals surface area contributed by atoms with Gasteiger partial charge in [-0.15, -0.1) is 11.3 Å². The Morgan fingerprint density at radius 3 is 2.94 bits per heavy atom. The molecule has 176 valence electrons. The molecule has 2 aromatic heterocycles. The Balaban J connectivity index is 1.38. The van der Waals surface area contributed by atoms with Gasteiger partial charge in [0.1, 0.15) is 10.6 Å². The van der Waals surface area contributed by atoms with E-state index < -0.39 is 11.5 Å². The number of nitrogens with zero attached hydrogens (tertiary/aromatic N) is 1. The van der Waals surface area contributed by atoms with Crippen LogP contribution in [0, 0.1) is 0 Å². The number of aromatic nitrogens is 2. The van der Waals surface area contributed by atoms with Crippen LogP contribution in [0.25, 0.3) is 10.2 Å². The van der Waals surface area contributed by atoms with E-state index >= 15 is 0 Å². The molecule has 2 aliphatic rings. The van der Waals surface area contributed by atoms with Crippen LogP contribution >= 0.6 is 11.3 Å². The number of rotatable bonds is 5. The summed E-state index contributed by atoms with van der Waals surface area (Å²) >= 11 is 1.37. The molecule has 0 radical (unpaired) electrons. The number of thiophene rings is 1. The lowest BCUT2D eigenvalue weighted by molar-refractivity contribution is -0.122. The molecule has 34 heavy (non-hydrogen) atoms. The molecule has 1 aliphatic carbocycles. The fraction of sp³-hybridized carbons (Fsp3) is 0.348. The first-order chi connectivity index (χ1) is 16.4. The van der Waals surface area contributed by atoms with Crippen LogP contribution in [0.1, 0.15) is 52.3 Å². The normalized spacial score (nSPS) is 16.7. The highest BCUT2D eigenvalue weighted by molar-refractivity contribution is 7.18. The van der Waals surface area contributed by atoms with Crippen molar-refractivity contribution in [3.05, 3.63) is 50.4 Å². The smallest absolute Gasteiger partial charge is 0.287 e. The molecule has 3 heterocycles. The maximum absolute atomic E-state index is 13.0. The molecule has 0 saturated carbocycles. The summed E-state index contributed by atoms with van der Waals surface area (Å²) in [7, 11) is 0. The van der Waals surface area contributed by atoms with Gasteiger partial charge in [0, 0.05) is 18.0 Å². The molecule has 0 bridgehead atoms. The highest BCUT2D eigenvalue weighted by Gasteiger charge is 2.32. The number of aromatic amines is 1. The number of carbonyl (C=O) groups is 3. The molecule has 10 nitrogen and oxygen atoms in total. The van der Waals surface area contributed by atoms with E-state index in [0.717, 1.165) is 28.8 Å². The van der Waals surface area contributed by atoms with Gasteiger partial charge in [0.05, 0.1) is 17.0 Å². The zero-order chi connectivity index (χ0) is 23.8. The number of likely N-dealkylation sites (N-methyl/N-ethyl adjacent to an activating group) is 1. The third-order valence-electron chi connectivity index (χ3n) is 5.93. The minimum atomic E-state index is -0.524. The first-order valence-corrected chi connectivity index (χ1v) is 11.9. The van der Waals surface area contributed by atoms with Crippen molar-refractivity contribution in [2.45, 2.75) is 38.6 Å². The van der Waals surface area contributed by atoms with Gasteiger partial charge in [-0.2, -0.15) is 0 Å². The number of ether oxygens (including phenoxy) is 1. The standard InChI is InChI=1S/C23H23N5O5S/c1-2-24-20(30)12-4-3-5-15-17(12)18-21(31)27-19(28-23(18)34-15)22(32)25-9-11-6-7-14-13(8-11)26-16(29)10-33-14/h6-8,12H,2-5,9-10H2,1H3,(H,24,30)(H,25,32)(H,26,29)(H,27,28,31). The lowest BCUT2D eigenvalue weighted by Crippen LogP contribution is -2.31. The average Bonchev–Trinajstić information content (AvgIpc) is 3.21. The van der Waals surface area contributed by atoms with Gasteiger partial charge in [-0.05, 0) is 49.4 Å². The summed E-state index contributed by atoms with van der Waals surface area (Å²) in [4.78, 5) is 58.3. The summed E-state index contributed by atoms with van der Waals surface area (Å²) < 4.78 is 5.34. The summed E-state index contributed by atoms with van der Waals surface area (Å²) in [5.74, 6) is -0.746. The van der Waals surface area contributed by atoms with E-state index in [1.165, 1.54) is 11.3 Å². The average molecular weight is 482 g/mol. The largest absolute Gasteiger partial charge is 0.482 e. The predicted molar refractivity (Wildman–Crippen MR) is 126 cm³/mol. The molecule has 4 N–H and O–H groups in total. The highest BCUT2D eigenvalue weighted by Crippen LogP contribution is 2.40. The van der Waals surface area contributed by atoms with E-state index in [0.29, 0.717) is 34.6 Å². The number of amides is 3. The molecular weight excluding hydrogens is 458 g/mol. The third kappa shape index (κ3) is 4.03. The Labute approximate surface area is 198 Å². The maximum atomic E-state index is 13.0. The van der Waals surface area contributed by atoms with Crippen LogP contribution in [0.15, 0.2) is 23.0 Å². The van der Waals surface area contributed by atoms with Crippen molar-refractivity contribution in [3.8, 4) is 5.75 Å². The van der Waals surface area contributed by atoms with Crippen molar-refractivity contribution in [2.24, 2.45) is 0 Å². The number of benzene rings is 1. The Kier molecular flexibility index (Phi) is 5.78. The predicted octanol–water partition coefficient (Wildman–Crippen LogP) is 1.80. The van der Waals surface area contributed by atoms with E-state index in [9.17, 15) is 19.2 Å². The third-order valence-corrected chi connectivity index (χ3v) is 7.09. The molecule has 0 fully saturated rings. The molecule has 1 aromatic carbocycles. The summed E-state index contributed by atoms with van der Waals surface area (Å²) in [6.07, 6.45) is 2.32. The van der Waals surface area contributed by atoms with E-state index in [1.807, 2.05) is 6.92 Å². The summed E-state index contributed by atoms with van der Waals surface area (Å²) in [6.45, 7) is 2.53. The number of H-pyrrole nitrogens is 1. The van der Waals surface area contributed by atoms with Crippen LogP contribution in [-0.4, -0.2) is 40.8 Å². The zero-order valence-corrected chi connectivity index (χ0v) is 19.3. The first kappa shape index (κ1) is 22.1. The molecule has 5 rings (SSSR count). The van der Waals surface area contributed by atoms with Gasteiger partial charge in [0.25, 0.3) is 17.4 Å². The monoisotopic (exact) mass is 481 g/mol. The topological polar surface area (TPSA) is 142 Å². The van der Waals surface area contributed by atoms with Crippen LogP contribution in [0.2, 0.25) is 0 Å². The molecule has 11 heteroatoms. The van der Waals surface area contributed by atoms with Crippen LogP contribution in [0.5, 0.6) is 5.75 Å². The Bertz CT molecular complexity index is 1380. The minimum Gasteiger partial charge on any atom is -0.482 e. The number of hydrogen-bond donors (Lipinski definition) is 4. The molecule has 0 saturated heterocycles. The van der Waals surface area contributed by atoms with E-state index in [1.54, 1.807) is 18.2 Å². The van der Waals surface area contributed by atoms with E-state index in [-0.39, 0.29) is 36.7 Å². The number of carbonyl (C=O) groups excluding carboxylic acids is 3. The number of aryl methyl sites for hydroxylation is 1. The van der Waals surface area contributed by atoms with Crippen LogP contribution in [-0.2, 0) is 22.6 Å². The van der Waals surface area contributed by atoms with Gasteiger partial charge >= 0.3 is 0 Å². The fourth-order valence-electron chi connectivity index (χ4n) is 4.41. The minimum absolute atomic E-state index is 0.0270. The quantitative estimate of drug-likeness (QED) is 0.438. The second-order valence-electron chi connectivity index (χ2n) is 8.22. The Morgan fingerprint density at radius 1 is 1.26 bits per heavy atom. The van der Waals surface area contributed by atoms with E-state index in [4.69, 9.17) is 4.74 Å². The Hall–Kier alpha value is -3.73. The van der Waals surface area contributed by atoms with Crippen molar-refractivity contribution < 1.29 is 19.1 Å². The number of nitrogens with one attached hydrogen (secondary N) is 4. The summed E-state index contributed by atoms with van der Waals surface area (Å²) in [6, 6.07) is 5.23. The van der Waals surface area contributed by atoms with Crippen molar-refractivity contribution in [1.82, 2.24) is 20.6 Å². The van der Waals surface area contributed by atoms with Gasteiger partial charge in [-0.3, -0.25) is 19.2 Å². The zero-order valence-electron chi connectivity index (χ0n) is 18.4. The molecule has 0 spiro atoms. The van der Waals surface area contributed by atoms with Gasteiger partial charge in [-0.25, -0.2) is 4.98 Å². The van der Waals surface area contributed by atoms with Crippen LogP contribution in [0.4, 0.5) is 5.69 Å². The summed E-state index contributed by atoms with van der Waals surface area (Å²) in [5.41, 5.74) is 1.62. The van der Waals surface area contributed by atoms with Crippen molar-refractivity contribution in [3.63, 3.8) is 0 Å². The lowest BCUT2D eigenvalue weighted by atomic mass is 9.85.